The second-order valence-corrected chi connectivity index (χ2v) is 5.09. The average Bonchev–Trinajstić information content (AvgIpc) is 2.62. The lowest BCUT2D eigenvalue weighted by atomic mass is 10.2. The number of hydrogen-bond donors (Lipinski definition) is 3. The van der Waals surface area contributed by atoms with Crippen LogP contribution in [0.2, 0.25) is 0 Å². The van der Waals surface area contributed by atoms with Gasteiger partial charge in [0, 0.05) is 23.9 Å². The molecule has 0 heterocycles. The van der Waals surface area contributed by atoms with E-state index in [9.17, 15) is 9.59 Å². The molecule has 0 radical (unpaired) electrons. The van der Waals surface area contributed by atoms with Crippen molar-refractivity contribution >= 4 is 23.3 Å². The van der Waals surface area contributed by atoms with Gasteiger partial charge in [0.05, 0.1) is 19.9 Å². The van der Waals surface area contributed by atoms with E-state index in [2.05, 4.69) is 16.0 Å². The molecule has 0 aliphatic carbocycles. The molecule has 0 aliphatic rings. The molecular weight excluding hydrogens is 322 g/mol. The minimum atomic E-state index is -0.448. The molecule has 0 unspecified atom stereocenters. The van der Waals surface area contributed by atoms with Gasteiger partial charge in [-0.15, -0.1) is 0 Å². The first-order valence-corrected chi connectivity index (χ1v) is 7.75. The van der Waals surface area contributed by atoms with Gasteiger partial charge in [0.15, 0.2) is 0 Å². The van der Waals surface area contributed by atoms with Crippen LogP contribution in [0.25, 0.3) is 0 Å². The van der Waals surface area contributed by atoms with Crippen molar-refractivity contribution < 1.29 is 19.1 Å². The summed E-state index contributed by atoms with van der Waals surface area (Å²) in [5, 5.41) is 8.11. The Labute approximate surface area is 146 Å². The lowest BCUT2D eigenvalue weighted by Gasteiger charge is -2.13. The van der Waals surface area contributed by atoms with Crippen LogP contribution >= 0.6 is 0 Å². The Bertz CT molecular complexity index is 762. The van der Waals surface area contributed by atoms with Crippen molar-refractivity contribution in [1.29, 1.82) is 0 Å². The molecule has 0 aromatic heterocycles. The van der Waals surface area contributed by atoms with E-state index in [4.69, 9.17) is 9.47 Å². The Hall–Kier alpha value is -3.22. The number of anilines is 2. The molecule has 2 aromatic carbocycles. The zero-order valence-electron chi connectivity index (χ0n) is 14.4. The van der Waals surface area contributed by atoms with Gasteiger partial charge in [0.2, 0.25) is 0 Å². The third-order valence-electron chi connectivity index (χ3n) is 3.38. The molecule has 0 fully saturated rings. The van der Waals surface area contributed by atoms with Crippen molar-refractivity contribution in [1.82, 2.24) is 5.32 Å². The molecule has 0 saturated heterocycles. The average molecular weight is 343 g/mol. The number of hydrogen-bond acceptors (Lipinski definition) is 4. The number of benzene rings is 2. The maximum atomic E-state index is 12.2. The molecule has 7 heteroatoms. The van der Waals surface area contributed by atoms with E-state index < -0.39 is 6.03 Å². The second-order valence-electron chi connectivity index (χ2n) is 5.09. The van der Waals surface area contributed by atoms with E-state index in [0.717, 1.165) is 0 Å². The number of nitrogens with one attached hydrogen (secondary N) is 3. The second kappa shape index (κ2) is 8.58. The summed E-state index contributed by atoms with van der Waals surface area (Å²) in [6.07, 6.45) is 0. The SMILES string of the molecule is CCNC(=O)c1cccc(NC(=O)Nc2ccc(OC)cc2OC)c1. The van der Waals surface area contributed by atoms with Crippen molar-refractivity contribution in [3.8, 4) is 11.5 Å². The van der Waals surface area contributed by atoms with E-state index >= 15 is 0 Å². The van der Waals surface area contributed by atoms with Crippen LogP contribution in [0.15, 0.2) is 42.5 Å². The van der Waals surface area contributed by atoms with Gasteiger partial charge in [-0.2, -0.15) is 0 Å². The van der Waals surface area contributed by atoms with Crippen molar-refractivity contribution in [2.24, 2.45) is 0 Å². The van der Waals surface area contributed by atoms with Crippen LogP contribution in [0.4, 0.5) is 16.2 Å². The van der Waals surface area contributed by atoms with Gasteiger partial charge in [-0.05, 0) is 37.3 Å². The summed E-state index contributed by atoms with van der Waals surface area (Å²) in [5.74, 6) is 0.909. The van der Waals surface area contributed by atoms with Crippen molar-refractivity contribution in [2.45, 2.75) is 6.92 Å². The van der Waals surface area contributed by atoms with Crippen molar-refractivity contribution in [3.05, 3.63) is 48.0 Å². The topological polar surface area (TPSA) is 88.7 Å². The Morgan fingerprint density at radius 3 is 2.48 bits per heavy atom. The zero-order valence-corrected chi connectivity index (χ0v) is 14.4. The number of amides is 3. The summed E-state index contributed by atoms with van der Waals surface area (Å²) < 4.78 is 10.4. The van der Waals surface area contributed by atoms with Gasteiger partial charge >= 0.3 is 6.03 Å². The molecular formula is C18H21N3O4. The largest absolute Gasteiger partial charge is 0.497 e. The number of rotatable bonds is 6. The van der Waals surface area contributed by atoms with E-state index in [0.29, 0.717) is 35.0 Å². The molecule has 3 amide bonds. The summed E-state index contributed by atoms with van der Waals surface area (Å²) in [5.41, 5.74) is 1.48. The van der Waals surface area contributed by atoms with E-state index in [1.165, 1.54) is 7.11 Å². The summed E-state index contributed by atoms with van der Waals surface area (Å²) in [6, 6.07) is 11.3. The minimum Gasteiger partial charge on any atom is -0.497 e. The van der Waals surface area contributed by atoms with Crippen LogP contribution in [0.1, 0.15) is 17.3 Å². The number of carbonyl (C=O) groups excluding carboxylic acids is 2. The predicted octanol–water partition coefficient (Wildman–Crippen LogP) is 3.10. The third kappa shape index (κ3) is 4.87. The predicted molar refractivity (Wildman–Crippen MR) is 96.6 cm³/mol. The standard InChI is InChI=1S/C18H21N3O4/c1-4-19-17(22)12-6-5-7-13(10-12)20-18(23)21-15-9-8-14(24-2)11-16(15)25-3/h5-11H,4H2,1-3H3,(H,19,22)(H2,20,21,23). The van der Waals surface area contributed by atoms with Crippen LogP contribution in [0.5, 0.6) is 11.5 Å². The van der Waals surface area contributed by atoms with Gasteiger partial charge in [0.25, 0.3) is 5.91 Å². The Morgan fingerprint density at radius 1 is 1.00 bits per heavy atom. The lowest BCUT2D eigenvalue weighted by Crippen LogP contribution is -2.23. The van der Waals surface area contributed by atoms with Crippen molar-refractivity contribution in [2.75, 3.05) is 31.4 Å². The quantitative estimate of drug-likeness (QED) is 0.752. The summed E-state index contributed by atoms with van der Waals surface area (Å²) in [6.45, 7) is 2.38. The highest BCUT2D eigenvalue weighted by atomic mass is 16.5. The third-order valence-corrected chi connectivity index (χ3v) is 3.38. The molecule has 132 valence electrons. The first-order valence-electron chi connectivity index (χ1n) is 7.75. The molecule has 7 nitrogen and oxygen atoms in total. The first kappa shape index (κ1) is 18.1. The smallest absolute Gasteiger partial charge is 0.323 e. The molecule has 3 N–H and O–H groups in total. The molecule has 0 atom stereocenters. The van der Waals surface area contributed by atoms with Gasteiger partial charge in [-0.25, -0.2) is 4.79 Å². The zero-order chi connectivity index (χ0) is 18.2. The fourth-order valence-electron chi connectivity index (χ4n) is 2.19. The van der Waals surface area contributed by atoms with E-state index in [1.54, 1.807) is 49.6 Å². The van der Waals surface area contributed by atoms with Crippen LogP contribution in [0.3, 0.4) is 0 Å². The fraction of sp³-hybridized carbons (Fsp3) is 0.222. The molecule has 0 saturated carbocycles. The van der Waals surface area contributed by atoms with Gasteiger partial charge < -0.3 is 25.4 Å². The Kier molecular flexibility index (Phi) is 6.22. The van der Waals surface area contributed by atoms with Crippen LogP contribution in [0, 0.1) is 0 Å². The maximum absolute atomic E-state index is 12.2. The highest BCUT2D eigenvalue weighted by Crippen LogP contribution is 2.29. The number of carbonyl (C=O) groups is 2. The Balaban J connectivity index is 2.08. The summed E-state index contributed by atoms with van der Waals surface area (Å²) in [4.78, 5) is 24.1. The number of ether oxygens (including phenoxy) is 2. The monoisotopic (exact) mass is 343 g/mol. The molecule has 25 heavy (non-hydrogen) atoms. The van der Waals surface area contributed by atoms with E-state index in [1.807, 2.05) is 6.92 Å². The Morgan fingerprint density at radius 2 is 1.80 bits per heavy atom. The van der Waals surface area contributed by atoms with Crippen LogP contribution in [-0.2, 0) is 0 Å². The molecule has 0 aliphatic heterocycles. The van der Waals surface area contributed by atoms with Crippen molar-refractivity contribution in [3.63, 3.8) is 0 Å². The maximum Gasteiger partial charge on any atom is 0.323 e. The van der Waals surface area contributed by atoms with Gasteiger partial charge in [-0.3, -0.25) is 4.79 Å². The first-order chi connectivity index (χ1) is 12.1. The van der Waals surface area contributed by atoms with Gasteiger partial charge in [-0.1, -0.05) is 6.07 Å². The highest BCUT2D eigenvalue weighted by Gasteiger charge is 2.10. The fourth-order valence-corrected chi connectivity index (χ4v) is 2.19. The summed E-state index contributed by atoms with van der Waals surface area (Å²) in [7, 11) is 3.06. The minimum absolute atomic E-state index is 0.191. The lowest BCUT2D eigenvalue weighted by molar-refractivity contribution is 0.0956. The van der Waals surface area contributed by atoms with Crippen LogP contribution in [-0.4, -0.2) is 32.7 Å². The van der Waals surface area contributed by atoms with E-state index in [-0.39, 0.29) is 5.91 Å². The molecule has 2 aromatic rings. The number of methoxy groups -OCH3 is 2. The van der Waals surface area contributed by atoms with Gasteiger partial charge in [0.1, 0.15) is 11.5 Å². The molecule has 2 rings (SSSR count). The normalized spacial score (nSPS) is 9.88. The molecule has 0 bridgehead atoms. The molecule has 0 spiro atoms. The highest BCUT2D eigenvalue weighted by molar-refractivity contribution is 6.02. The van der Waals surface area contributed by atoms with Crippen LogP contribution < -0.4 is 25.4 Å². The number of urea groups is 1. The summed E-state index contributed by atoms with van der Waals surface area (Å²) >= 11 is 0.